The maximum atomic E-state index is 12.5. The summed E-state index contributed by atoms with van der Waals surface area (Å²) in [4.78, 5) is 30.0. The number of benzene rings is 1. The molecule has 2 aliphatic heterocycles. The summed E-state index contributed by atoms with van der Waals surface area (Å²) >= 11 is 0. The molecule has 0 aromatic heterocycles. The van der Waals surface area contributed by atoms with E-state index in [9.17, 15) is 18.0 Å². The first-order chi connectivity index (χ1) is 11.8. The lowest BCUT2D eigenvalue weighted by molar-refractivity contribution is -0.130. The van der Waals surface area contributed by atoms with Crippen molar-refractivity contribution in [1.82, 2.24) is 14.7 Å². The molecule has 1 atom stereocenters. The van der Waals surface area contributed by atoms with E-state index in [0.717, 1.165) is 0 Å². The number of imide groups is 1. The summed E-state index contributed by atoms with van der Waals surface area (Å²) in [5.74, 6) is -0.185. The van der Waals surface area contributed by atoms with Crippen LogP contribution in [0.5, 0.6) is 0 Å². The quantitative estimate of drug-likeness (QED) is 0.722. The van der Waals surface area contributed by atoms with Crippen LogP contribution < -0.4 is 0 Å². The Morgan fingerprint density at radius 2 is 1.80 bits per heavy atom. The number of amides is 3. The van der Waals surface area contributed by atoms with Crippen LogP contribution in [0.15, 0.2) is 35.2 Å². The number of hydrogen-bond acceptors (Lipinski definition) is 5. The van der Waals surface area contributed by atoms with Gasteiger partial charge in [0, 0.05) is 32.2 Å². The van der Waals surface area contributed by atoms with E-state index in [2.05, 4.69) is 0 Å². The fraction of sp³-hybridized carbons (Fsp3) is 0.529. The topological polar surface area (TPSA) is 78.0 Å². The first kappa shape index (κ1) is 17.9. The monoisotopic (exact) mass is 365 g/mol. The predicted molar refractivity (Wildman–Crippen MR) is 92.8 cm³/mol. The SMILES string of the molecule is CC(C)N1C(=O)C2CN(CCS(=O)(=O)c3ccccc3)CCN2C1=O. The van der Waals surface area contributed by atoms with Crippen LogP contribution in [0.25, 0.3) is 0 Å². The molecule has 25 heavy (non-hydrogen) atoms. The molecule has 7 nitrogen and oxygen atoms in total. The van der Waals surface area contributed by atoms with E-state index < -0.39 is 15.9 Å². The largest absolute Gasteiger partial charge is 0.327 e. The van der Waals surface area contributed by atoms with Crippen LogP contribution in [-0.4, -0.2) is 79.1 Å². The second kappa shape index (κ2) is 6.76. The predicted octanol–water partition coefficient (Wildman–Crippen LogP) is 0.817. The highest BCUT2D eigenvalue weighted by Crippen LogP contribution is 2.24. The molecule has 0 aliphatic carbocycles. The zero-order valence-corrected chi connectivity index (χ0v) is 15.3. The Morgan fingerprint density at radius 3 is 2.44 bits per heavy atom. The van der Waals surface area contributed by atoms with Crippen molar-refractivity contribution in [3.05, 3.63) is 30.3 Å². The van der Waals surface area contributed by atoms with Gasteiger partial charge < -0.3 is 4.90 Å². The van der Waals surface area contributed by atoms with E-state index in [-0.39, 0.29) is 23.7 Å². The molecule has 3 amide bonds. The van der Waals surface area contributed by atoms with Crippen LogP contribution in [0.1, 0.15) is 13.8 Å². The van der Waals surface area contributed by atoms with Gasteiger partial charge >= 0.3 is 6.03 Å². The zero-order valence-electron chi connectivity index (χ0n) is 14.5. The molecule has 3 rings (SSSR count). The minimum atomic E-state index is -3.35. The standard InChI is InChI=1S/C17H23N3O4S/c1-13(2)20-16(21)15-12-18(8-9-19(15)17(20)22)10-11-25(23,24)14-6-4-3-5-7-14/h3-7,13,15H,8-12H2,1-2H3. The van der Waals surface area contributed by atoms with Gasteiger partial charge in [-0.2, -0.15) is 0 Å². The summed E-state index contributed by atoms with van der Waals surface area (Å²) in [5, 5.41) is 0. The molecule has 2 aliphatic rings. The van der Waals surface area contributed by atoms with Crippen LogP contribution in [0, 0.1) is 0 Å². The Bertz CT molecular complexity index is 763. The number of urea groups is 1. The number of hydrogen-bond donors (Lipinski definition) is 0. The zero-order chi connectivity index (χ0) is 18.2. The number of carbonyl (C=O) groups is 2. The van der Waals surface area contributed by atoms with Gasteiger partial charge in [0.25, 0.3) is 5.91 Å². The van der Waals surface area contributed by atoms with Crippen molar-refractivity contribution in [2.24, 2.45) is 0 Å². The van der Waals surface area contributed by atoms with E-state index >= 15 is 0 Å². The number of nitrogens with zero attached hydrogens (tertiary/aromatic N) is 3. The van der Waals surface area contributed by atoms with Gasteiger partial charge in [-0.1, -0.05) is 18.2 Å². The van der Waals surface area contributed by atoms with Gasteiger partial charge in [0.1, 0.15) is 6.04 Å². The van der Waals surface area contributed by atoms with Crippen LogP contribution >= 0.6 is 0 Å². The van der Waals surface area contributed by atoms with Crippen molar-refractivity contribution in [1.29, 1.82) is 0 Å². The van der Waals surface area contributed by atoms with E-state index in [0.29, 0.717) is 31.1 Å². The molecule has 0 radical (unpaired) electrons. The molecular weight excluding hydrogens is 342 g/mol. The van der Waals surface area contributed by atoms with Crippen molar-refractivity contribution < 1.29 is 18.0 Å². The molecule has 0 saturated carbocycles. The number of sulfone groups is 1. The molecule has 0 spiro atoms. The first-order valence-corrected chi connectivity index (χ1v) is 10.1. The third-order valence-electron chi connectivity index (χ3n) is 4.73. The van der Waals surface area contributed by atoms with Crippen LogP contribution in [-0.2, 0) is 14.6 Å². The van der Waals surface area contributed by atoms with E-state index in [1.165, 1.54) is 4.90 Å². The molecule has 2 saturated heterocycles. The number of carbonyl (C=O) groups excluding carboxylic acids is 2. The number of fused-ring (bicyclic) bond motifs is 1. The van der Waals surface area contributed by atoms with Gasteiger partial charge in [0.2, 0.25) is 0 Å². The maximum Gasteiger partial charge on any atom is 0.327 e. The summed E-state index contributed by atoms with van der Waals surface area (Å²) < 4.78 is 24.8. The highest BCUT2D eigenvalue weighted by Gasteiger charge is 2.48. The van der Waals surface area contributed by atoms with Crippen molar-refractivity contribution in [2.75, 3.05) is 31.9 Å². The molecule has 2 heterocycles. The smallest absolute Gasteiger partial charge is 0.310 e. The molecule has 1 aromatic carbocycles. The summed E-state index contributed by atoms with van der Waals surface area (Å²) in [6, 6.07) is 7.47. The lowest BCUT2D eigenvalue weighted by Crippen LogP contribution is -2.53. The summed E-state index contributed by atoms with van der Waals surface area (Å²) in [6.45, 7) is 5.40. The highest BCUT2D eigenvalue weighted by atomic mass is 32.2. The fourth-order valence-electron chi connectivity index (χ4n) is 3.35. The lowest BCUT2D eigenvalue weighted by atomic mass is 10.2. The normalized spacial score (nSPS) is 22.0. The Kier molecular flexibility index (Phi) is 4.83. The van der Waals surface area contributed by atoms with Crippen LogP contribution in [0.3, 0.4) is 0 Å². The van der Waals surface area contributed by atoms with E-state index in [1.807, 2.05) is 18.7 Å². The van der Waals surface area contributed by atoms with Gasteiger partial charge in [-0.05, 0) is 26.0 Å². The van der Waals surface area contributed by atoms with Gasteiger partial charge in [0.05, 0.1) is 10.6 Å². The summed E-state index contributed by atoms with van der Waals surface area (Å²) in [5.41, 5.74) is 0. The molecule has 8 heteroatoms. The van der Waals surface area contributed by atoms with Gasteiger partial charge in [-0.25, -0.2) is 13.2 Å². The Hall–Kier alpha value is -1.93. The number of piperazine rings is 1. The van der Waals surface area contributed by atoms with Gasteiger partial charge in [-0.3, -0.25) is 14.6 Å². The third kappa shape index (κ3) is 3.41. The average molecular weight is 365 g/mol. The van der Waals surface area contributed by atoms with Crippen LogP contribution in [0.2, 0.25) is 0 Å². The Labute approximate surface area is 148 Å². The van der Waals surface area contributed by atoms with Gasteiger partial charge in [0.15, 0.2) is 9.84 Å². The van der Waals surface area contributed by atoms with Crippen molar-refractivity contribution >= 4 is 21.8 Å². The van der Waals surface area contributed by atoms with Crippen molar-refractivity contribution in [2.45, 2.75) is 30.8 Å². The molecule has 0 N–H and O–H groups in total. The molecule has 136 valence electrons. The molecular formula is C17H23N3O4S. The second-order valence-electron chi connectivity index (χ2n) is 6.73. The minimum absolute atomic E-state index is 0.000233. The van der Waals surface area contributed by atoms with Crippen molar-refractivity contribution in [3.8, 4) is 0 Å². The van der Waals surface area contributed by atoms with Crippen LogP contribution in [0.4, 0.5) is 4.79 Å². The van der Waals surface area contributed by atoms with Crippen molar-refractivity contribution in [3.63, 3.8) is 0 Å². The van der Waals surface area contributed by atoms with Gasteiger partial charge in [-0.15, -0.1) is 0 Å². The third-order valence-corrected chi connectivity index (χ3v) is 6.44. The molecule has 1 aromatic rings. The highest BCUT2D eigenvalue weighted by molar-refractivity contribution is 7.91. The second-order valence-corrected chi connectivity index (χ2v) is 8.84. The summed E-state index contributed by atoms with van der Waals surface area (Å²) in [6.07, 6.45) is 0. The van der Waals surface area contributed by atoms with E-state index in [1.54, 1.807) is 35.2 Å². The first-order valence-electron chi connectivity index (χ1n) is 8.45. The maximum absolute atomic E-state index is 12.5. The molecule has 0 bridgehead atoms. The molecule has 1 unspecified atom stereocenters. The summed E-state index contributed by atoms with van der Waals surface area (Å²) in [7, 11) is -3.35. The van der Waals surface area contributed by atoms with E-state index in [4.69, 9.17) is 0 Å². The Morgan fingerprint density at radius 1 is 1.12 bits per heavy atom. The molecule has 2 fully saturated rings. The lowest BCUT2D eigenvalue weighted by Gasteiger charge is -2.35. The minimum Gasteiger partial charge on any atom is -0.310 e. The fourth-order valence-corrected chi connectivity index (χ4v) is 4.65. The average Bonchev–Trinajstić information content (AvgIpc) is 2.84. The number of rotatable bonds is 5. The Balaban J connectivity index is 1.64.